The maximum Gasteiger partial charge on any atom is 0.243 e. The van der Waals surface area contributed by atoms with Gasteiger partial charge in [0.05, 0.1) is 23.8 Å². The maximum atomic E-state index is 13.5. The predicted octanol–water partition coefficient (Wildman–Crippen LogP) is 4.48. The van der Waals surface area contributed by atoms with Crippen LogP contribution < -0.4 is 4.74 Å². The van der Waals surface area contributed by atoms with E-state index < -0.39 is 10.0 Å². The lowest BCUT2D eigenvalue weighted by Crippen LogP contribution is -2.38. The number of fused-ring (bicyclic) bond motifs is 1. The molecule has 0 spiro atoms. The Hall–Kier alpha value is -2.72. The lowest BCUT2D eigenvalue weighted by Gasteiger charge is -2.25. The minimum Gasteiger partial charge on any atom is -0.497 e. The molecule has 178 valence electrons. The molecule has 2 aromatic heterocycles. The molecule has 9 heteroatoms. The Morgan fingerprint density at radius 2 is 1.97 bits per heavy atom. The first-order chi connectivity index (χ1) is 16.5. The third-order valence-corrected chi connectivity index (χ3v) is 8.87. The standard InChI is InChI=1S/C25H27N3O4S2/c1-31-21-9-11-23(12-10-21)34(29,30)27(16-22-8-5-15-32-22)14-13-20-18-33-25-26-24(17-28(20)25)19-6-3-2-4-7-19/h2-4,6-7,9-12,17-18,22H,5,8,13-16H2,1H3. The van der Waals surface area contributed by atoms with Gasteiger partial charge in [0.15, 0.2) is 4.96 Å². The Labute approximate surface area is 203 Å². The van der Waals surface area contributed by atoms with Gasteiger partial charge in [-0.1, -0.05) is 30.3 Å². The van der Waals surface area contributed by atoms with Gasteiger partial charge < -0.3 is 9.47 Å². The molecule has 3 heterocycles. The molecule has 0 amide bonds. The number of thiazole rings is 1. The number of aromatic nitrogens is 2. The normalized spacial score (nSPS) is 16.5. The molecule has 0 aliphatic carbocycles. The van der Waals surface area contributed by atoms with Gasteiger partial charge >= 0.3 is 0 Å². The Morgan fingerprint density at radius 1 is 1.18 bits per heavy atom. The molecule has 0 N–H and O–H groups in total. The smallest absolute Gasteiger partial charge is 0.243 e. The Bertz CT molecular complexity index is 1340. The molecule has 1 aliphatic rings. The number of hydrogen-bond acceptors (Lipinski definition) is 6. The van der Waals surface area contributed by atoms with Gasteiger partial charge in [-0.25, -0.2) is 13.4 Å². The fourth-order valence-electron chi connectivity index (χ4n) is 4.22. The quantitative estimate of drug-likeness (QED) is 0.341. The highest BCUT2D eigenvalue weighted by molar-refractivity contribution is 7.89. The van der Waals surface area contributed by atoms with Crippen LogP contribution in [-0.4, -0.2) is 55.0 Å². The van der Waals surface area contributed by atoms with Crippen LogP contribution in [-0.2, 0) is 21.2 Å². The molecule has 1 atom stereocenters. The molecule has 1 saturated heterocycles. The molecule has 5 rings (SSSR count). The van der Waals surface area contributed by atoms with Crippen LogP contribution in [0.25, 0.3) is 16.2 Å². The first kappa shape index (κ1) is 23.0. The van der Waals surface area contributed by atoms with E-state index >= 15 is 0 Å². The van der Waals surface area contributed by atoms with Crippen LogP contribution in [0, 0.1) is 0 Å². The number of imidazole rings is 1. The van der Waals surface area contributed by atoms with Crippen LogP contribution in [0.1, 0.15) is 18.5 Å². The number of rotatable bonds is 9. The van der Waals surface area contributed by atoms with Gasteiger partial charge in [-0.05, 0) is 37.1 Å². The third kappa shape index (κ3) is 4.74. The van der Waals surface area contributed by atoms with E-state index in [0.717, 1.165) is 34.8 Å². The van der Waals surface area contributed by atoms with Crippen LogP contribution >= 0.6 is 11.3 Å². The van der Waals surface area contributed by atoms with Crippen LogP contribution in [0.2, 0.25) is 0 Å². The van der Waals surface area contributed by atoms with Gasteiger partial charge in [0.1, 0.15) is 5.75 Å². The molecule has 2 aromatic carbocycles. The minimum absolute atomic E-state index is 0.0755. The first-order valence-corrected chi connectivity index (χ1v) is 13.6. The second-order valence-corrected chi connectivity index (χ2v) is 11.1. The zero-order valence-electron chi connectivity index (χ0n) is 19.0. The number of hydrogen-bond donors (Lipinski definition) is 0. The molecule has 1 aliphatic heterocycles. The third-order valence-electron chi connectivity index (χ3n) is 6.10. The summed E-state index contributed by atoms with van der Waals surface area (Å²) in [5.41, 5.74) is 3.01. The van der Waals surface area contributed by atoms with Crippen molar-refractivity contribution in [3.63, 3.8) is 0 Å². The topological polar surface area (TPSA) is 73.1 Å². The number of sulfonamides is 1. The molecule has 0 saturated carbocycles. The van der Waals surface area contributed by atoms with Crippen LogP contribution in [0.5, 0.6) is 5.75 Å². The fraction of sp³-hybridized carbons (Fsp3) is 0.320. The van der Waals surface area contributed by atoms with Gasteiger partial charge in [-0.2, -0.15) is 4.31 Å². The summed E-state index contributed by atoms with van der Waals surface area (Å²) >= 11 is 1.57. The predicted molar refractivity (Wildman–Crippen MR) is 133 cm³/mol. The van der Waals surface area contributed by atoms with Crippen molar-refractivity contribution in [2.24, 2.45) is 0 Å². The summed E-state index contributed by atoms with van der Waals surface area (Å²) in [6.07, 6.45) is 4.36. The first-order valence-electron chi connectivity index (χ1n) is 11.3. The van der Waals surface area contributed by atoms with E-state index in [-0.39, 0.29) is 11.0 Å². The lowest BCUT2D eigenvalue weighted by molar-refractivity contribution is 0.0939. The Morgan fingerprint density at radius 3 is 2.68 bits per heavy atom. The van der Waals surface area contributed by atoms with E-state index in [1.54, 1.807) is 47.0 Å². The number of methoxy groups -OCH3 is 1. The zero-order chi connectivity index (χ0) is 23.5. The second kappa shape index (κ2) is 9.87. The summed E-state index contributed by atoms with van der Waals surface area (Å²) in [4.78, 5) is 5.90. The zero-order valence-corrected chi connectivity index (χ0v) is 20.6. The molecule has 1 fully saturated rings. The summed E-state index contributed by atoms with van der Waals surface area (Å²) in [6.45, 7) is 1.39. The van der Waals surface area contributed by atoms with Gasteiger partial charge in [0.25, 0.3) is 0 Å². The van der Waals surface area contributed by atoms with Crippen molar-refractivity contribution < 1.29 is 17.9 Å². The van der Waals surface area contributed by atoms with Crippen molar-refractivity contribution in [3.05, 3.63) is 71.9 Å². The highest BCUT2D eigenvalue weighted by Gasteiger charge is 2.29. The van der Waals surface area contributed by atoms with Gasteiger partial charge in [-0.15, -0.1) is 11.3 Å². The van der Waals surface area contributed by atoms with E-state index in [1.165, 1.54) is 0 Å². The number of nitrogens with zero attached hydrogens (tertiary/aromatic N) is 3. The lowest BCUT2D eigenvalue weighted by atomic mass is 10.2. The summed E-state index contributed by atoms with van der Waals surface area (Å²) in [5, 5.41) is 2.06. The molecule has 7 nitrogen and oxygen atoms in total. The van der Waals surface area contributed by atoms with Crippen LogP contribution in [0.3, 0.4) is 0 Å². The molecule has 0 bridgehead atoms. The average Bonchev–Trinajstić information content (AvgIpc) is 3.61. The van der Waals surface area contributed by atoms with Gasteiger partial charge in [0.2, 0.25) is 10.0 Å². The second-order valence-electron chi connectivity index (χ2n) is 8.30. The average molecular weight is 498 g/mol. The SMILES string of the molecule is COc1ccc(S(=O)(=O)N(CCc2csc3nc(-c4ccccc4)cn23)CC2CCCO2)cc1. The highest BCUT2D eigenvalue weighted by atomic mass is 32.2. The molecular weight excluding hydrogens is 470 g/mol. The van der Waals surface area contributed by atoms with Crippen molar-refractivity contribution in [3.8, 4) is 17.0 Å². The van der Waals surface area contributed by atoms with Crippen molar-refractivity contribution >= 4 is 26.3 Å². The van der Waals surface area contributed by atoms with E-state index in [0.29, 0.717) is 31.9 Å². The van der Waals surface area contributed by atoms with Crippen molar-refractivity contribution in [2.75, 3.05) is 26.8 Å². The Balaban J connectivity index is 1.39. The monoisotopic (exact) mass is 497 g/mol. The highest BCUT2D eigenvalue weighted by Crippen LogP contribution is 2.26. The molecule has 4 aromatic rings. The maximum absolute atomic E-state index is 13.5. The Kier molecular flexibility index (Phi) is 6.69. The number of benzene rings is 2. The molecule has 1 unspecified atom stereocenters. The van der Waals surface area contributed by atoms with Gasteiger partial charge in [-0.3, -0.25) is 4.40 Å². The van der Waals surface area contributed by atoms with E-state index in [9.17, 15) is 8.42 Å². The summed E-state index contributed by atoms with van der Waals surface area (Å²) in [6, 6.07) is 16.6. The van der Waals surface area contributed by atoms with E-state index in [1.807, 2.05) is 36.5 Å². The van der Waals surface area contributed by atoms with Crippen molar-refractivity contribution in [1.29, 1.82) is 0 Å². The van der Waals surface area contributed by atoms with Crippen molar-refractivity contribution in [2.45, 2.75) is 30.3 Å². The minimum atomic E-state index is -3.68. The summed E-state index contributed by atoms with van der Waals surface area (Å²) in [5.74, 6) is 0.625. The van der Waals surface area contributed by atoms with E-state index in [2.05, 4.69) is 9.78 Å². The fourth-order valence-corrected chi connectivity index (χ4v) is 6.60. The largest absolute Gasteiger partial charge is 0.497 e. The van der Waals surface area contributed by atoms with Crippen molar-refractivity contribution in [1.82, 2.24) is 13.7 Å². The molecular formula is C25H27N3O4S2. The summed E-state index contributed by atoms with van der Waals surface area (Å²) in [7, 11) is -2.12. The van der Waals surface area contributed by atoms with Gasteiger partial charge in [0, 0.05) is 49.0 Å². The van der Waals surface area contributed by atoms with E-state index in [4.69, 9.17) is 14.5 Å². The number of ether oxygens (including phenoxy) is 2. The molecule has 34 heavy (non-hydrogen) atoms. The van der Waals surface area contributed by atoms with Crippen LogP contribution in [0.4, 0.5) is 0 Å². The summed E-state index contributed by atoms with van der Waals surface area (Å²) < 4.78 is 41.7. The molecule has 0 radical (unpaired) electrons. The van der Waals surface area contributed by atoms with Crippen LogP contribution in [0.15, 0.2) is 71.1 Å².